The van der Waals surface area contributed by atoms with Crippen LogP contribution in [0.5, 0.6) is 0 Å². The topological polar surface area (TPSA) is 113 Å². The molecule has 4 rings (SSSR count). The van der Waals surface area contributed by atoms with Crippen LogP contribution in [0.4, 0.5) is 0 Å². The van der Waals surface area contributed by atoms with Gasteiger partial charge in [-0.05, 0) is 23.8 Å². The van der Waals surface area contributed by atoms with Gasteiger partial charge in [0.1, 0.15) is 11.0 Å². The van der Waals surface area contributed by atoms with E-state index >= 15 is 0 Å². The van der Waals surface area contributed by atoms with Crippen molar-refractivity contribution in [3.63, 3.8) is 0 Å². The first-order chi connectivity index (χ1) is 15.4. The SMILES string of the molecule is N#Cc1ccccc1Cn1cc(C(=O)C(=O)N=c2c(Cl)cn(O)cc2Cl)c2cccnc21. The zero-order chi connectivity index (χ0) is 22.8. The Hall–Kier alpha value is -3.93. The molecule has 3 heterocycles. The zero-order valence-corrected chi connectivity index (χ0v) is 17.7. The number of hydrogen-bond donors (Lipinski definition) is 1. The number of fused-ring (bicyclic) bond motifs is 1. The third-order valence-electron chi connectivity index (χ3n) is 4.71. The average molecular weight is 466 g/mol. The van der Waals surface area contributed by atoms with Crippen molar-refractivity contribution in [2.24, 2.45) is 4.99 Å². The van der Waals surface area contributed by atoms with Crippen molar-refractivity contribution in [2.45, 2.75) is 6.54 Å². The van der Waals surface area contributed by atoms with Gasteiger partial charge in [0.2, 0.25) is 0 Å². The molecule has 0 aliphatic carbocycles. The van der Waals surface area contributed by atoms with Crippen molar-refractivity contribution in [1.29, 1.82) is 5.26 Å². The molecule has 158 valence electrons. The third kappa shape index (κ3) is 3.99. The molecule has 0 atom stereocenters. The van der Waals surface area contributed by atoms with Crippen LogP contribution in [-0.4, -0.2) is 31.2 Å². The highest BCUT2D eigenvalue weighted by Crippen LogP contribution is 2.22. The van der Waals surface area contributed by atoms with Gasteiger partial charge in [0.05, 0.1) is 46.2 Å². The number of aromatic nitrogens is 3. The lowest BCUT2D eigenvalue weighted by Gasteiger charge is -2.06. The van der Waals surface area contributed by atoms with Gasteiger partial charge in [-0.15, -0.1) is 0 Å². The number of ketones is 1. The molecule has 8 nitrogen and oxygen atoms in total. The minimum atomic E-state index is -1.08. The summed E-state index contributed by atoms with van der Waals surface area (Å²) in [7, 11) is 0. The molecule has 10 heteroatoms. The highest BCUT2D eigenvalue weighted by molar-refractivity contribution is 6.45. The van der Waals surface area contributed by atoms with E-state index in [4.69, 9.17) is 23.2 Å². The van der Waals surface area contributed by atoms with Gasteiger partial charge >= 0.3 is 5.91 Å². The number of benzene rings is 1. The van der Waals surface area contributed by atoms with Crippen molar-refractivity contribution in [1.82, 2.24) is 14.3 Å². The second-order valence-electron chi connectivity index (χ2n) is 6.74. The van der Waals surface area contributed by atoms with Gasteiger partial charge in [0.25, 0.3) is 5.78 Å². The number of nitriles is 1. The van der Waals surface area contributed by atoms with Gasteiger partial charge in [0.15, 0.2) is 0 Å². The summed E-state index contributed by atoms with van der Waals surface area (Å²) in [5.41, 5.74) is 1.83. The van der Waals surface area contributed by atoms with E-state index in [1.807, 2.05) is 12.1 Å². The average Bonchev–Trinajstić information content (AvgIpc) is 3.14. The van der Waals surface area contributed by atoms with Crippen LogP contribution in [0, 0.1) is 11.3 Å². The van der Waals surface area contributed by atoms with Crippen LogP contribution in [0.2, 0.25) is 10.0 Å². The smallest absolute Gasteiger partial charge is 0.318 e. The molecule has 1 N–H and O–H groups in total. The second kappa shape index (κ2) is 8.67. The van der Waals surface area contributed by atoms with E-state index in [9.17, 15) is 20.1 Å². The molecule has 32 heavy (non-hydrogen) atoms. The molecule has 0 bridgehead atoms. The minimum absolute atomic E-state index is 0.0987. The summed E-state index contributed by atoms with van der Waals surface area (Å²) in [6, 6.07) is 12.6. The van der Waals surface area contributed by atoms with Crippen LogP contribution in [0.25, 0.3) is 11.0 Å². The number of halogens is 2. The molecule has 0 saturated heterocycles. The Kier molecular flexibility index (Phi) is 5.77. The van der Waals surface area contributed by atoms with Crippen LogP contribution < -0.4 is 5.36 Å². The molecule has 0 saturated carbocycles. The number of hydrogen-bond acceptors (Lipinski definition) is 5. The van der Waals surface area contributed by atoms with Crippen molar-refractivity contribution >= 4 is 45.9 Å². The maximum absolute atomic E-state index is 13.0. The highest BCUT2D eigenvalue weighted by atomic mass is 35.5. The number of nitrogens with zero attached hydrogens (tertiary/aromatic N) is 5. The van der Waals surface area contributed by atoms with Crippen LogP contribution >= 0.6 is 23.2 Å². The Labute approximate surface area is 191 Å². The molecular weight excluding hydrogens is 453 g/mol. The van der Waals surface area contributed by atoms with Crippen molar-refractivity contribution in [3.8, 4) is 6.07 Å². The van der Waals surface area contributed by atoms with Gasteiger partial charge in [-0.25, -0.2) is 9.98 Å². The lowest BCUT2D eigenvalue weighted by atomic mass is 10.1. The van der Waals surface area contributed by atoms with E-state index in [-0.39, 0.29) is 27.5 Å². The van der Waals surface area contributed by atoms with E-state index in [2.05, 4.69) is 16.0 Å². The summed E-state index contributed by atoms with van der Waals surface area (Å²) < 4.78 is 2.32. The second-order valence-corrected chi connectivity index (χ2v) is 7.56. The van der Waals surface area contributed by atoms with E-state index in [1.165, 1.54) is 6.20 Å². The first kappa shape index (κ1) is 21.3. The Morgan fingerprint density at radius 3 is 2.53 bits per heavy atom. The predicted molar refractivity (Wildman–Crippen MR) is 117 cm³/mol. The summed E-state index contributed by atoms with van der Waals surface area (Å²) in [6.07, 6.45) is 5.26. The largest absolute Gasteiger partial charge is 0.429 e. The highest BCUT2D eigenvalue weighted by Gasteiger charge is 2.22. The predicted octanol–water partition coefficient (Wildman–Crippen LogP) is 3.61. The zero-order valence-electron chi connectivity index (χ0n) is 16.2. The van der Waals surface area contributed by atoms with Gasteiger partial charge in [-0.3, -0.25) is 9.59 Å². The third-order valence-corrected chi connectivity index (χ3v) is 5.26. The summed E-state index contributed by atoms with van der Waals surface area (Å²) in [4.78, 5) is 33.7. The van der Waals surface area contributed by atoms with Crippen molar-refractivity contribution < 1.29 is 14.8 Å². The summed E-state index contributed by atoms with van der Waals surface area (Å²) in [5, 5.41) is 18.9. The Morgan fingerprint density at radius 2 is 1.81 bits per heavy atom. The number of rotatable bonds is 4. The summed E-state index contributed by atoms with van der Waals surface area (Å²) in [5.74, 6) is -1.95. The molecule has 1 amide bonds. The number of pyridine rings is 2. The molecule has 3 aromatic heterocycles. The minimum Gasteiger partial charge on any atom is -0.429 e. The molecule has 0 aliphatic rings. The molecule has 0 fully saturated rings. The van der Waals surface area contributed by atoms with Gasteiger partial charge in [-0.1, -0.05) is 41.4 Å². The summed E-state index contributed by atoms with van der Waals surface area (Å²) in [6.45, 7) is 0.280. The van der Waals surface area contributed by atoms with E-state index in [1.54, 1.807) is 35.0 Å². The van der Waals surface area contributed by atoms with Gasteiger partial charge < -0.3 is 9.77 Å². The molecular formula is C22H13Cl2N5O3. The first-order valence-corrected chi connectivity index (χ1v) is 9.96. The van der Waals surface area contributed by atoms with Crippen LogP contribution in [0.3, 0.4) is 0 Å². The molecule has 0 spiro atoms. The van der Waals surface area contributed by atoms with Crippen LogP contribution in [-0.2, 0) is 11.3 Å². The molecule has 1 aromatic carbocycles. The number of carbonyl (C=O) groups is 2. The number of carbonyl (C=O) groups excluding carboxylic acids is 2. The van der Waals surface area contributed by atoms with E-state index in [0.29, 0.717) is 21.3 Å². The number of Topliss-reactive ketones (excluding diaryl/α,β-unsaturated/α-hetero) is 1. The standard InChI is InChI=1S/C22H13Cl2N5O3/c23-17-11-29(32)12-18(24)19(17)27-22(31)20(30)16-10-28(21-15(16)6-3-7-26-21)9-14-5-2-1-4-13(14)8-25/h1-7,10-12,32H,9H2. The fourth-order valence-corrected chi connectivity index (χ4v) is 3.79. The van der Waals surface area contributed by atoms with Gasteiger partial charge in [0, 0.05) is 17.8 Å². The molecule has 0 aliphatic heterocycles. The Bertz CT molecular complexity index is 1470. The van der Waals surface area contributed by atoms with Gasteiger partial charge in [-0.2, -0.15) is 9.99 Å². The Morgan fingerprint density at radius 1 is 1.09 bits per heavy atom. The van der Waals surface area contributed by atoms with Crippen LogP contribution in [0.15, 0.2) is 66.2 Å². The van der Waals surface area contributed by atoms with E-state index < -0.39 is 11.7 Å². The monoisotopic (exact) mass is 465 g/mol. The fourth-order valence-electron chi connectivity index (χ4n) is 3.26. The number of amides is 1. The van der Waals surface area contributed by atoms with E-state index in [0.717, 1.165) is 18.0 Å². The maximum Gasteiger partial charge on any atom is 0.318 e. The lowest BCUT2D eigenvalue weighted by Crippen LogP contribution is -2.18. The first-order valence-electron chi connectivity index (χ1n) is 9.21. The van der Waals surface area contributed by atoms with Crippen molar-refractivity contribution in [2.75, 3.05) is 0 Å². The molecule has 4 aromatic rings. The maximum atomic E-state index is 13.0. The Balaban J connectivity index is 1.77. The fraction of sp³-hybridized carbons (Fsp3) is 0.0455. The van der Waals surface area contributed by atoms with Crippen LogP contribution in [0.1, 0.15) is 21.5 Å². The quantitative estimate of drug-likeness (QED) is 0.281. The summed E-state index contributed by atoms with van der Waals surface area (Å²) >= 11 is 12.0. The van der Waals surface area contributed by atoms with Crippen molar-refractivity contribution in [3.05, 3.63) is 93.3 Å². The molecule has 0 radical (unpaired) electrons. The molecule has 0 unspecified atom stereocenters. The normalized spacial score (nSPS) is 10.7. The lowest BCUT2D eigenvalue weighted by molar-refractivity contribution is -0.114.